The van der Waals surface area contributed by atoms with Crippen LogP contribution in [0.15, 0.2) is 18.2 Å². The van der Waals surface area contributed by atoms with E-state index in [0.29, 0.717) is 43.2 Å². The van der Waals surface area contributed by atoms with Gasteiger partial charge in [0, 0.05) is 31.7 Å². The van der Waals surface area contributed by atoms with Crippen LogP contribution in [0.4, 0.5) is 0 Å². The molecule has 1 aromatic carbocycles. The second kappa shape index (κ2) is 10.1. The average molecular weight is 372 g/mol. The summed E-state index contributed by atoms with van der Waals surface area (Å²) in [5, 5.41) is 2.80. The van der Waals surface area contributed by atoms with Crippen LogP contribution in [-0.2, 0) is 4.79 Å². The Labute approximate surface area is 154 Å². The first kappa shape index (κ1) is 21.1. The zero-order valence-electron chi connectivity index (χ0n) is 14.6. The Hall–Kier alpha value is -1.99. The Kier molecular flexibility index (Phi) is 8.51. The number of nitrogens with zero attached hydrogens (tertiary/aromatic N) is 1. The monoisotopic (exact) mass is 371 g/mol. The van der Waals surface area contributed by atoms with Crippen LogP contribution in [0.2, 0.25) is 0 Å². The standard InChI is InChI=1S/C17H25N3O4.ClH/c1-23-14-6-5-12(10-15(14)24-2)17(22)20-9-3-4-13(11-20)16(21)19-8-7-18;/h5-6,10,13H,3-4,7-9,11,18H2,1-2H3,(H,19,21);1H. The molecule has 0 aromatic heterocycles. The van der Waals surface area contributed by atoms with E-state index in [1.807, 2.05) is 0 Å². The first-order valence-electron chi connectivity index (χ1n) is 8.09. The number of ether oxygens (including phenoxy) is 2. The highest BCUT2D eigenvalue weighted by Gasteiger charge is 2.29. The van der Waals surface area contributed by atoms with Gasteiger partial charge in [0.05, 0.1) is 20.1 Å². The van der Waals surface area contributed by atoms with Crippen LogP contribution in [0, 0.1) is 5.92 Å². The summed E-state index contributed by atoms with van der Waals surface area (Å²) in [6.45, 7) is 1.93. The maximum absolute atomic E-state index is 12.7. The van der Waals surface area contributed by atoms with E-state index >= 15 is 0 Å². The van der Waals surface area contributed by atoms with Gasteiger partial charge in [-0.25, -0.2) is 0 Å². The number of piperidine rings is 1. The van der Waals surface area contributed by atoms with E-state index in [0.717, 1.165) is 12.8 Å². The van der Waals surface area contributed by atoms with E-state index in [1.165, 1.54) is 7.11 Å². The Balaban J connectivity index is 0.00000312. The van der Waals surface area contributed by atoms with E-state index in [2.05, 4.69) is 5.32 Å². The summed E-state index contributed by atoms with van der Waals surface area (Å²) in [5.41, 5.74) is 5.93. The maximum atomic E-state index is 12.7. The SMILES string of the molecule is COc1ccc(C(=O)N2CCCC(C(=O)NCCN)C2)cc1OC.Cl. The minimum absolute atomic E-state index is 0. The van der Waals surface area contributed by atoms with Crippen LogP contribution in [0.1, 0.15) is 23.2 Å². The van der Waals surface area contributed by atoms with Gasteiger partial charge in [-0.1, -0.05) is 0 Å². The van der Waals surface area contributed by atoms with Gasteiger partial charge in [-0.05, 0) is 31.0 Å². The lowest BCUT2D eigenvalue weighted by molar-refractivity contribution is -0.126. The molecule has 3 N–H and O–H groups in total. The molecule has 0 saturated carbocycles. The molecule has 0 radical (unpaired) electrons. The second-order valence-corrected chi connectivity index (χ2v) is 5.74. The molecule has 2 amide bonds. The van der Waals surface area contributed by atoms with Gasteiger partial charge in [0.25, 0.3) is 5.91 Å². The molecule has 1 saturated heterocycles. The van der Waals surface area contributed by atoms with Crippen LogP contribution in [0.5, 0.6) is 11.5 Å². The fourth-order valence-corrected chi connectivity index (χ4v) is 2.87. The summed E-state index contributed by atoms with van der Waals surface area (Å²) in [6.07, 6.45) is 1.59. The van der Waals surface area contributed by atoms with Gasteiger partial charge in [0.15, 0.2) is 11.5 Å². The molecule has 1 aromatic rings. The minimum Gasteiger partial charge on any atom is -0.493 e. The summed E-state index contributed by atoms with van der Waals surface area (Å²) in [5.74, 6) is 0.760. The van der Waals surface area contributed by atoms with Crippen LogP contribution in [-0.4, -0.2) is 57.1 Å². The Bertz CT molecular complexity index is 597. The minimum atomic E-state index is -0.186. The van der Waals surface area contributed by atoms with Gasteiger partial charge < -0.3 is 25.4 Å². The first-order chi connectivity index (χ1) is 11.6. The van der Waals surface area contributed by atoms with Gasteiger partial charge >= 0.3 is 0 Å². The topological polar surface area (TPSA) is 93.9 Å². The lowest BCUT2D eigenvalue weighted by Crippen LogP contribution is -2.46. The van der Waals surface area contributed by atoms with Crippen LogP contribution >= 0.6 is 12.4 Å². The number of amides is 2. The fourth-order valence-electron chi connectivity index (χ4n) is 2.87. The smallest absolute Gasteiger partial charge is 0.254 e. The van der Waals surface area contributed by atoms with Crippen molar-refractivity contribution in [2.45, 2.75) is 12.8 Å². The molecule has 1 fully saturated rings. The highest BCUT2D eigenvalue weighted by molar-refractivity contribution is 5.95. The van der Waals surface area contributed by atoms with Crippen molar-refractivity contribution in [1.29, 1.82) is 0 Å². The summed E-state index contributed by atoms with van der Waals surface area (Å²) in [4.78, 5) is 26.6. The Morgan fingerprint density at radius 1 is 1.28 bits per heavy atom. The van der Waals surface area contributed by atoms with Crippen LogP contribution in [0.25, 0.3) is 0 Å². The largest absolute Gasteiger partial charge is 0.493 e. The molecule has 0 aliphatic carbocycles. The number of carbonyl (C=O) groups is 2. The van der Waals surface area contributed by atoms with Crippen molar-refractivity contribution < 1.29 is 19.1 Å². The molecule has 0 spiro atoms. The highest BCUT2D eigenvalue weighted by atomic mass is 35.5. The molecule has 2 rings (SSSR count). The number of nitrogens with one attached hydrogen (secondary N) is 1. The Morgan fingerprint density at radius 2 is 2.00 bits per heavy atom. The molecule has 1 unspecified atom stereocenters. The Morgan fingerprint density at radius 3 is 2.64 bits per heavy atom. The van der Waals surface area contributed by atoms with Gasteiger partial charge in [0.1, 0.15) is 0 Å². The van der Waals surface area contributed by atoms with Crippen molar-refractivity contribution >= 4 is 24.2 Å². The normalized spacial score (nSPS) is 16.6. The summed E-state index contributed by atoms with van der Waals surface area (Å²) < 4.78 is 10.4. The molecule has 7 nitrogen and oxygen atoms in total. The summed E-state index contributed by atoms with van der Waals surface area (Å²) in [6, 6.07) is 5.09. The molecular formula is C17H26ClN3O4. The molecular weight excluding hydrogens is 346 g/mol. The molecule has 1 atom stereocenters. The lowest BCUT2D eigenvalue weighted by Gasteiger charge is -2.32. The number of hydrogen-bond acceptors (Lipinski definition) is 5. The van der Waals surface area contributed by atoms with E-state index in [1.54, 1.807) is 30.2 Å². The van der Waals surface area contributed by atoms with Gasteiger partial charge in [0.2, 0.25) is 5.91 Å². The highest BCUT2D eigenvalue weighted by Crippen LogP contribution is 2.28. The van der Waals surface area contributed by atoms with Gasteiger partial charge in [-0.15, -0.1) is 12.4 Å². The summed E-state index contributed by atoms with van der Waals surface area (Å²) in [7, 11) is 3.08. The third kappa shape index (κ3) is 5.24. The number of likely N-dealkylation sites (tertiary alicyclic amines) is 1. The van der Waals surface area contributed by atoms with E-state index < -0.39 is 0 Å². The van der Waals surface area contributed by atoms with Crippen LogP contribution in [0.3, 0.4) is 0 Å². The van der Waals surface area contributed by atoms with Crippen LogP contribution < -0.4 is 20.5 Å². The molecule has 1 aliphatic rings. The van der Waals surface area contributed by atoms with Crippen molar-refractivity contribution in [2.24, 2.45) is 11.7 Å². The third-order valence-corrected chi connectivity index (χ3v) is 4.15. The third-order valence-electron chi connectivity index (χ3n) is 4.15. The number of hydrogen-bond donors (Lipinski definition) is 2. The number of carbonyl (C=O) groups excluding carboxylic acids is 2. The van der Waals surface area contributed by atoms with Gasteiger partial charge in [-0.2, -0.15) is 0 Å². The zero-order chi connectivity index (χ0) is 17.5. The molecule has 25 heavy (non-hydrogen) atoms. The van der Waals surface area contributed by atoms with E-state index in [4.69, 9.17) is 15.2 Å². The predicted molar refractivity (Wildman–Crippen MR) is 97.5 cm³/mol. The average Bonchev–Trinajstić information content (AvgIpc) is 2.64. The number of nitrogens with two attached hydrogens (primary N) is 1. The first-order valence-corrected chi connectivity index (χ1v) is 8.09. The van der Waals surface area contributed by atoms with E-state index in [9.17, 15) is 9.59 Å². The number of benzene rings is 1. The van der Waals surface area contributed by atoms with Gasteiger partial charge in [-0.3, -0.25) is 9.59 Å². The molecule has 140 valence electrons. The molecule has 8 heteroatoms. The molecule has 1 heterocycles. The van der Waals surface area contributed by atoms with Crippen molar-refractivity contribution in [3.8, 4) is 11.5 Å². The number of halogens is 1. The lowest BCUT2D eigenvalue weighted by atomic mass is 9.96. The van der Waals surface area contributed by atoms with Crippen molar-refractivity contribution in [3.63, 3.8) is 0 Å². The second-order valence-electron chi connectivity index (χ2n) is 5.74. The number of rotatable bonds is 6. The predicted octanol–water partition coefficient (Wildman–Crippen LogP) is 1.05. The van der Waals surface area contributed by atoms with Crippen molar-refractivity contribution in [2.75, 3.05) is 40.4 Å². The van der Waals surface area contributed by atoms with E-state index in [-0.39, 0.29) is 30.1 Å². The quantitative estimate of drug-likeness (QED) is 0.779. The zero-order valence-corrected chi connectivity index (χ0v) is 15.4. The fraction of sp³-hybridized carbons (Fsp3) is 0.529. The van der Waals surface area contributed by atoms with Crippen molar-refractivity contribution in [1.82, 2.24) is 10.2 Å². The molecule has 1 aliphatic heterocycles. The summed E-state index contributed by atoms with van der Waals surface area (Å²) >= 11 is 0. The molecule has 0 bridgehead atoms. The number of methoxy groups -OCH3 is 2. The van der Waals surface area contributed by atoms with Crippen molar-refractivity contribution in [3.05, 3.63) is 23.8 Å². The maximum Gasteiger partial charge on any atom is 0.254 e.